The Labute approximate surface area is 132 Å². The summed E-state index contributed by atoms with van der Waals surface area (Å²) >= 11 is 9.68. The van der Waals surface area contributed by atoms with Crippen molar-refractivity contribution in [1.82, 2.24) is 4.90 Å². The first-order chi connectivity index (χ1) is 9.63. The molecular formula is C16H16BrClN2. The number of nitrogens with two attached hydrogens (primary N) is 1. The van der Waals surface area contributed by atoms with Gasteiger partial charge in [-0.25, -0.2) is 0 Å². The monoisotopic (exact) mass is 350 g/mol. The Hall–Kier alpha value is -1.03. The Kier molecular flexibility index (Phi) is 4.01. The van der Waals surface area contributed by atoms with Crippen LogP contribution in [0.1, 0.15) is 16.7 Å². The van der Waals surface area contributed by atoms with E-state index in [1.807, 2.05) is 30.3 Å². The zero-order valence-corrected chi connectivity index (χ0v) is 13.4. The van der Waals surface area contributed by atoms with Crippen LogP contribution in [0.15, 0.2) is 40.9 Å². The van der Waals surface area contributed by atoms with Crippen molar-refractivity contribution in [2.24, 2.45) is 0 Å². The summed E-state index contributed by atoms with van der Waals surface area (Å²) in [6.45, 7) is 2.87. The van der Waals surface area contributed by atoms with Gasteiger partial charge in [0, 0.05) is 34.8 Å². The molecule has 104 valence electrons. The van der Waals surface area contributed by atoms with E-state index in [0.29, 0.717) is 0 Å². The van der Waals surface area contributed by atoms with Crippen LogP contribution in [-0.4, -0.2) is 11.4 Å². The molecule has 0 aliphatic carbocycles. The minimum absolute atomic E-state index is 0.782. The fourth-order valence-electron chi connectivity index (χ4n) is 2.74. The molecule has 0 fully saturated rings. The SMILES string of the molecule is Nc1cccc2c1CCN(Cc1cc(Cl)ccc1Br)C2. The van der Waals surface area contributed by atoms with Gasteiger partial charge in [0.05, 0.1) is 0 Å². The average molecular weight is 352 g/mol. The van der Waals surface area contributed by atoms with E-state index in [0.717, 1.165) is 41.2 Å². The second-order valence-electron chi connectivity index (χ2n) is 5.18. The van der Waals surface area contributed by atoms with Crippen LogP contribution in [0.25, 0.3) is 0 Å². The van der Waals surface area contributed by atoms with Crippen molar-refractivity contribution in [3.8, 4) is 0 Å². The highest BCUT2D eigenvalue weighted by Gasteiger charge is 2.18. The van der Waals surface area contributed by atoms with Gasteiger partial charge in [0.25, 0.3) is 0 Å². The smallest absolute Gasteiger partial charge is 0.0410 e. The Balaban J connectivity index is 1.79. The highest BCUT2D eigenvalue weighted by Crippen LogP contribution is 2.27. The molecule has 0 spiro atoms. The van der Waals surface area contributed by atoms with Gasteiger partial charge >= 0.3 is 0 Å². The molecular weight excluding hydrogens is 336 g/mol. The van der Waals surface area contributed by atoms with Crippen molar-refractivity contribution in [3.05, 3.63) is 62.6 Å². The van der Waals surface area contributed by atoms with E-state index in [-0.39, 0.29) is 0 Å². The topological polar surface area (TPSA) is 29.3 Å². The third-order valence-corrected chi connectivity index (χ3v) is 4.79. The average Bonchev–Trinajstić information content (AvgIpc) is 2.43. The van der Waals surface area contributed by atoms with Crippen LogP contribution in [0.4, 0.5) is 5.69 Å². The summed E-state index contributed by atoms with van der Waals surface area (Å²) in [7, 11) is 0. The molecule has 0 saturated heterocycles. The Bertz CT molecular complexity index is 642. The summed E-state index contributed by atoms with van der Waals surface area (Å²) in [6.07, 6.45) is 1.01. The van der Waals surface area contributed by atoms with E-state index in [1.54, 1.807) is 0 Å². The molecule has 0 aromatic heterocycles. The van der Waals surface area contributed by atoms with Gasteiger partial charge in [-0.05, 0) is 47.4 Å². The number of rotatable bonds is 2. The molecule has 0 atom stereocenters. The van der Waals surface area contributed by atoms with E-state index < -0.39 is 0 Å². The molecule has 0 saturated carbocycles. The van der Waals surface area contributed by atoms with Crippen LogP contribution in [0.2, 0.25) is 5.02 Å². The van der Waals surface area contributed by atoms with Crippen LogP contribution >= 0.6 is 27.5 Å². The van der Waals surface area contributed by atoms with Crippen molar-refractivity contribution >= 4 is 33.2 Å². The molecule has 20 heavy (non-hydrogen) atoms. The predicted molar refractivity (Wildman–Crippen MR) is 87.8 cm³/mol. The largest absolute Gasteiger partial charge is 0.398 e. The zero-order chi connectivity index (χ0) is 14.1. The molecule has 4 heteroatoms. The highest BCUT2D eigenvalue weighted by molar-refractivity contribution is 9.10. The van der Waals surface area contributed by atoms with Gasteiger partial charge in [-0.2, -0.15) is 0 Å². The number of halogens is 2. The summed E-state index contributed by atoms with van der Waals surface area (Å²) in [5.74, 6) is 0. The molecule has 3 rings (SSSR count). The van der Waals surface area contributed by atoms with Gasteiger partial charge in [0.15, 0.2) is 0 Å². The number of nitrogens with zero attached hydrogens (tertiary/aromatic N) is 1. The van der Waals surface area contributed by atoms with Gasteiger partial charge in [-0.1, -0.05) is 39.7 Å². The third-order valence-electron chi connectivity index (χ3n) is 3.78. The number of hydrogen-bond donors (Lipinski definition) is 1. The molecule has 0 unspecified atom stereocenters. The highest BCUT2D eigenvalue weighted by atomic mass is 79.9. The third kappa shape index (κ3) is 2.85. The van der Waals surface area contributed by atoms with E-state index in [1.165, 1.54) is 16.7 Å². The van der Waals surface area contributed by atoms with Gasteiger partial charge in [0.2, 0.25) is 0 Å². The van der Waals surface area contributed by atoms with Crippen LogP contribution in [0, 0.1) is 0 Å². The summed E-state index contributed by atoms with van der Waals surface area (Å²) in [4.78, 5) is 2.43. The number of benzene rings is 2. The van der Waals surface area contributed by atoms with Crippen molar-refractivity contribution < 1.29 is 0 Å². The number of anilines is 1. The Morgan fingerprint density at radius 1 is 1.25 bits per heavy atom. The van der Waals surface area contributed by atoms with Gasteiger partial charge in [-0.3, -0.25) is 4.90 Å². The van der Waals surface area contributed by atoms with Crippen LogP contribution in [0.5, 0.6) is 0 Å². The van der Waals surface area contributed by atoms with Crippen molar-refractivity contribution in [1.29, 1.82) is 0 Å². The Morgan fingerprint density at radius 3 is 2.95 bits per heavy atom. The number of fused-ring (bicyclic) bond motifs is 1. The molecule has 2 nitrogen and oxygen atoms in total. The van der Waals surface area contributed by atoms with Crippen molar-refractivity contribution in [3.63, 3.8) is 0 Å². The van der Waals surface area contributed by atoms with Gasteiger partial charge in [-0.15, -0.1) is 0 Å². The first-order valence-corrected chi connectivity index (χ1v) is 7.83. The normalized spacial score (nSPS) is 15.1. The van der Waals surface area contributed by atoms with E-state index in [2.05, 4.69) is 26.9 Å². The lowest BCUT2D eigenvalue weighted by atomic mass is 9.97. The maximum atomic E-state index is 6.08. The Morgan fingerprint density at radius 2 is 2.10 bits per heavy atom. The molecule has 1 aliphatic rings. The maximum absolute atomic E-state index is 6.08. The van der Waals surface area contributed by atoms with Crippen molar-refractivity contribution in [2.75, 3.05) is 12.3 Å². The van der Waals surface area contributed by atoms with Crippen LogP contribution in [0.3, 0.4) is 0 Å². The van der Waals surface area contributed by atoms with E-state index in [9.17, 15) is 0 Å². The molecule has 0 bridgehead atoms. The minimum Gasteiger partial charge on any atom is -0.398 e. The van der Waals surface area contributed by atoms with Gasteiger partial charge < -0.3 is 5.73 Å². The second kappa shape index (κ2) is 5.76. The molecule has 1 heterocycles. The summed E-state index contributed by atoms with van der Waals surface area (Å²) < 4.78 is 1.11. The molecule has 0 amide bonds. The standard InChI is InChI=1S/C16H16BrClN2/c17-15-5-4-13(18)8-12(15)10-20-7-6-14-11(9-20)2-1-3-16(14)19/h1-5,8H,6-7,9-10,19H2. The van der Waals surface area contributed by atoms with Crippen LogP contribution in [-0.2, 0) is 19.5 Å². The number of nitrogen functional groups attached to an aromatic ring is 1. The van der Waals surface area contributed by atoms with Crippen LogP contribution < -0.4 is 5.73 Å². The molecule has 2 aromatic carbocycles. The van der Waals surface area contributed by atoms with Crippen molar-refractivity contribution in [2.45, 2.75) is 19.5 Å². The van der Waals surface area contributed by atoms with E-state index >= 15 is 0 Å². The lowest BCUT2D eigenvalue weighted by Crippen LogP contribution is -2.30. The van der Waals surface area contributed by atoms with E-state index in [4.69, 9.17) is 17.3 Å². The van der Waals surface area contributed by atoms with Gasteiger partial charge in [0.1, 0.15) is 0 Å². The molecule has 2 N–H and O–H groups in total. The molecule has 1 aliphatic heterocycles. The predicted octanol–water partition coefficient (Wildman–Crippen LogP) is 4.24. The lowest BCUT2D eigenvalue weighted by molar-refractivity contribution is 0.245. The summed E-state index contributed by atoms with van der Waals surface area (Å²) in [6, 6.07) is 12.1. The maximum Gasteiger partial charge on any atom is 0.0410 e. The quantitative estimate of drug-likeness (QED) is 0.820. The first kappa shape index (κ1) is 13.9. The summed E-state index contributed by atoms with van der Waals surface area (Å²) in [5, 5.41) is 0.782. The summed E-state index contributed by atoms with van der Waals surface area (Å²) in [5.41, 5.74) is 10.8. The lowest BCUT2D eigenvalue weighted by Gasteiger charge is -2.29. The first-order valence-electron chi connectivity index (χ1n) is 6.66. The number of hydrogen-bond acceptors (Lipinski definition) is 2. The fourth-order valence-corrected chi connectivity index (χ4v) is 3.30. The fraction of sp³-hybridized carbons (Fsp3) is 0.250. The second-order valence-corrected chi connectivity index (χ2v) is 6.47. The minimum atomic E-state index is 0.782. The zero-order valence-electron chi connectivity index (χ0n) is 11.1. The molecule has 2 aromatic rings. The molecule has 0 radical (unpaired) electrons.